The highest BCUT2D eigenvalue weighted by atomic mass is 35.5. The summed E-state index contributed by atoms with van der Waals surface area (Å²) in [7, 11) is 2.05. The van der Waals surface area contributed by atoms with Crippen molar-refractivity contribution in [1.29, 1.82) is 0 Å². The molecule has 0 atom stereocenters. The van der Waals surface area contributed by atoms with Crippen LogP contribution in [0.2, 0.25) is 5.15 Å². The zero-order chi connectivity index (χ0) is 13.7. The fourth-order valence-corrected chi connectivity index (χ4v) is 3.66. The van der Waals surface area contributed by atoms with Crippen molar-refractivity contribution in [2.45, 2.75) is 0 Å². The molecule has 4 rings (SSSR count). The van der Waals surface area contributed by atoms with Crippen molar-refractivity contribution < 1.29 is 0 Å². The van der Waals surface area contributed by atoms with E-state index in [1.165, 1.54) is 15.6 Å². The standard InChI is InChI=1S/C16H11ClN2S/c1-19-6-4-10-8-11(2-3-13(10)19)15-16-12(5-7-20-16)9-14(17)18-15/h2-9H,1H3. The number of fused-ring (bicyclic) bond motifs is 2. The number of rotatable bonds is 1. The van der Waals surface area contributed by atoms with Crippen LogP contribution in [0.1, 0.15) is 0 Å². The quantitative estimate of drug-likeness (QED) is 0.447. The lowest BCUT2D eigenvalue weighted by atomic mass is 10.1. The van der Waals surface area contributed by atoms with Crippen LogP contribution in [0.4, 0.5) is 0 Å². The van der Waals surface area contributed by atoms with E-state index in [1.54, 1.807) is 11.3 Å². The molecule has 0 spiro atoms. The molecule has 3 heterocycles. The SMILES string of the molecule is Cn1ccc2cc(-c3nc(Cl)cc4ccsc34)ccc21. The van der Waals surface area contributed by atoms with E-state index in [0.717, 1.165) is 16.6 Å². The summed E-state index contributed by atoms with van der Waals surface area (Å²) < 4.78 is 3.30. The maximum absolute atomic E-state index is 6.14. The predicted octanol–water partition coefficient (Wildman–Crippen LogP) is 5.11. The van der Waals surface area contributed by atoms with Gasteiger partial charge in [-0.15, -0.1) is 11.3 Å². The Bertz CT molecular complexity index is 936. The summed E-state index contributed by atoms with van der Waals surface area (Å²) in [4.78, 5) is 4.53. The number of aromatic nitrogens is 2. The van der Waals surface area contributed by atoms with E-state index in [-0.39, 0.29) is 0 Å². The van der Waals surface area contributed by atoms with E-state index < -0.39 is 0 Å². The Morgan fingerprint density at radius 3 is 2.90 bits per heavy atom. The first kappa shape index (κ1) is 11.9. The third-order valence-electron chi connectivity index (χ3n) is 3.56. The molecule has 0 aliphatic carbocycles. The lowest BCUT2D eigenvalue weighted by Gasteiger charge is -2.05. The Kier molecular flexibility index (Phi) is 2.59. The molecule has 0 amide bonds. The first-order valence-corrected chi connectivity index (χ1v) is 7.57. The summed E-state index contributed by atoms with van der Waals surface area (Å²) in [6.45, 7) is 0. The molecule has 3 aromatic heterocycles. The molecule has 0 fully saturated rings. The molecular weight excluding hydrogens is 288 g/mol. The largest absolute Gasteiger partial charge is 0.351 e. The maximum Gasteiger partial charge on any atom is 0.130 e. The maximum atomic E-state index is 6.14. The van der Waals surface area contributed by atoms with E-state index in [4.69, 9.17) is 11.6 Å². The summed E-state index contributed by atoms with van der Waals surface area (Å²) in [6, 6.07) is 12.5. The van der Waals surface area contributed by atoms with Crippen molar-refractivity contribution in [3.63, 3.8) is 0 Å². The van der Waals surface area contributed by atoms with Crippen LogP contribution >= 0.6 is 22.9 Å². The summed E-state index contributed by atoms with van der Waals surface area (Å²) >= 11 is 7.84. The molecular formula is C16H11ClN2S. The monoisotopic (exact) mass is 298 g/mol. The fourth-order valence-electron chi connectivity index (χ4n) is 2.57. The predicted molar refractivity (Wildman–Crippen MR) is 86.5 cm³/mol. The molecule has 0 saturated carbocycles. The van der Waals surface area contributed by atoms with Crippen LogP contribution in [0.3, 0.4) is 0 Å². The Hall–Kier alpha value is -1.84. The van der Waals surface area contributed by atoms with Crippen LogP contribution < -0.4 is 0 Å². The van der Waals surface area contributed by atoms with Gasteiger partial charge in [0.05, 0.1) is 10.4 Å². The molecule has 0 N–H and O–H groups in total. The van der Waals surface area contributed by atoms with Gasteiger partial charge in [-0.25, -0.2) is 4.98 Å². The van der Waals surface area contributed by atoms with Gasteiger partial charge < -0.3 is 4.57 Å². The van der Waals surface area contributed by atoms with E-state index in [9.17, 15) is 0 Å². The molecule has 2 nitrogen and oxygen atoms in total. The Morgan fingerprint density at radius 2 is 2.00 bits per heavy atom. The molecule has 20 heavy (non-hydrogen) atoms. The van der Waals surface area contributed by atoms with Gasteiger partial charge in [0.15, 0.2) is 0 Å². The lowest BCUT2D eigenvalue weighted by molar-refractivity contribution is 0.969. The van der Waals surface area contributed by atoms with Crippen molar-refractivity contribution >= 4 is 43.9 Å². The Labute approximate surface area is 125 Å². The molecule has 4 heteroatoms. The molecule has 0 bridgehead atoms. The average molecular weight is 299 g/mol. The fraction of sp³-hybridized carbons (Fsp3) is 0.0625. The first-order valence-electron chi connectivity index (χ1n) is 6.31. The number of thiophene rings is 1. The highest BCUT2D eigenvalue weighted by Crippen LogP contribution is 2.34. The van der Waals surface area contributed by atoms with Gasteiger partial charge in [-0.2, -0.15) is 0 Å². The van der Waals surface area contributed by atoms with E-state index in [1.807, 2.05) is 6.07 Å². The number of pyridine rings is 1. The van der Waals surface area contributed by atoms with Crippen LogP contribution in [0.15, 0.2) is 48.0 Å². The van der Waals surface area contributed by atoms with Crippen LogP contribution in [0.5, 0.6) is 0 Å². The minimum absolute atomic E-state index is 0.541. The summed E-state index contributed by atoms with van der Waals surface area (Å²) in [5, 5.41) is 4.99. The molecule has 0 unspecified atom stereocenters. The third kappa shape index (κ3) is 1.74. The second kappa shape index (κ2) is 4.33. The van der Waals surface area contributed by atoms with Crippen LogP contribution in [-0.2, 0) is 7.05 Å². The smallest absolute Gasteiger partial charge is 0.130 e. The number of nitrogens with zero attached hydrogens (tertiary/aromatic N) is 2. The van der Waals surface area contributed by atoms with Crippen LogP contribution in [0, 0.1) is 0 Å². The molecule has 98 valence electrons. The summed E-state index contributed by atoms with van der Waals surface area (Å²) in [6.07, 6.45) is 2.07. The van der Waals surface area contributed by atoms with Crippen molar-refractivity contribution in [2.75, 3.05) is 0 Å². The van der Waals surface area contributed by atoms with E-state index in [2.05, 4.69) is 58.5 Å². The minimum Gasteiger partial charge on any atom is -0.351 e. The Morgan fingerprint density at radius 1 is 1.10 bits per heavy atom. The van der Waals surface area contributed by atoms with Gasteiger partial charge in [0, 0.05) is 29.7 Å². The molecule has 1 aromatic carbocycles. The van der Waals surface area contributed by atoms with Crippen molar-refractivity contribution in [2.24, 2.45) is 7.05 Å². The summed E-state index contributed by atoms with van der Waals surface area (Å²) in [5.41, 5.74) is 3.30. The highest BCUT2D eigenvalue weighted by Gasteiger charge is 2.10. The molecule has 4 aromatic rings. The van der Waals surface area contributed by atoms with Gasteiger partial charge in [0.2, 0.25) is 0 Å². The number of halogens is 1. The second-order valence-corrected chi connectivity index (χ2v) is 6.14. The number of aryl methyl sites for hydroxylation is 1. The van der Waals surface area contributed by atoms with Crippen molar-refractivity contribution in [1.82, 2.24) is 9.55 Å². The van der Waals surface area contributed by atoms with Gasteiger partial charge >= 0.3 is 0 Å². The average Bonchev–Trinajstić information content (AvgIpc) is 3.04. The van der Waals surface area contributed by atoms with Gasteiger partial charge in [-0.05, 0) is 41.1 Å². The second-order valence-electron chi connectivity index (χ2n) is 4.83. The number of hydrogen-bond donors (Lipinski definition) is 0. The first-order chi connectivity index (χ1) is 9.72. The molecule has 0 aliphatic heterocycles. The Balaban J connectivity index is 2.02. The number of hydrogen-bond acceptors (Lipinski definition) is 2. The zero-order valence-electron chi connectivity index (χ0n) is 10.8. The molecule has 0 aliphatic rings. The topological polar surface area (TPSA) is 17.8 Å². The van der Waals surface area contributed by atoms with Crippen molar-refractivity contribution in [3.05, 3.63) is 53.1 Å². The lowest BCUT2D eigenvalue weighted by Crippen LogP contribution is -1.87. The van der Waals surface area contributed by atoms with Crippen LogP contribution in [-0.4, -0.2) is 9.55 Å². The van der Waals surface area contributed by atoms with Crippen molar-refractivity contribution in [3.8, 4) is 11.3 Å². The number of benzene rings is 1. The molecule has 0 radical (unpaired) electrons. The van der Waals surface area contributed by atoms with Gasteiger partial charge in [-0.3, -0.25) is 0 Å². The van der Waals surface area contributed by atoms with Gasteiger partial charge in [0.1, 0.15) is 5.15 Å². The van der Waals surface area contributed by atoms with Gasteiger partial charge in [-0.1, -0.05) is 17.7 Å². The minimum atomic E-state index is 0.541. The third-order valence-corrected chi connectivity index (χ3v) is 4.69. The van der Waals surface area contributed by atoms with Crippen LogP contribution in [0.25, 0.3) is 32.2 Å². The normalized spacial score (nSPS) is 11.5. The zero-order valence-corrected chi connectivity index (χ0v) is 12.4. The molecule has 0 saturated heterocycles. The highest BCUT2D eigenvalue weighted by molar-refractivity contribution is 7.17. The summed E-state index contributed by atoms with van der Waals surface area (Å²) in [5.74, 6) is 0. The van der Waals surface area contributed by atoms with E-state index >= 15 is 0 Å². The van der Waals surface area contributed by atoms with E-state index in [0.29, 0.717) is 5.15 Å². The van der Waals surface area contributed by atoms with Gasteiger partial charge in [0.25, 0.3) is 0 Å².